The van der Waals surface area contributed by atoms with Gasteiger partial charge in [0.05, 0.1) is 5.56 Å². The summed E-state index contributed by atoms with van der Waals surface area (Å²) < 4.78 is 1.88. The average Bonchev–Trinajstić information content (AvgIpc) is 3.05. The van der Waals surface area contributed by atoms with Gasteiger partial charge in [-0.3, -0.25) is 4.79 Å². The number of pyridine rings is 1. The maximum absolute atomic E-state index is 12.4. The number of carbonyl (C=O) groups excluding carboxylic acids is 1. The molecule has 5 nitrogen and oxygen atoms in total. The highest BCUT2D eigenvalue weighted by molar-refractivity contribution is 5.94. The lowest BCUT2D eigenvalue weighted by Crippen LogP contribution is -2.30. The van der Waals surface area contributed by atoms with Crippen LogP contribution in [-0.4, -0.2) is 46.9 Å². The van der Waals surface area contributed by atoms with Gasteiger partial charge in [-0.15, -0.1) is 0 Å². The number of hydrogen-bond donors (Lipinski definition) is 1. The highest BCUT2D eigenvalue weighted by atomic mass is 16.2. The molecular weight excluding hydrogens is 240 g/mol. The maximum atomic E-state index is 12.4. The lowest BCUT2D eigenvalue weighted by molar-refractivity contribution is 0.0786. The highest BCUT2D eigenvalue weighted by Crippen LogP contribution is 2.18. The van der Waals surface area contributed by atoms with Gasteiger partial charge in [0.15, 0.2) is 0 Å². The number of fused-ring (bicyclic) bond motifs is 1. The van der Waals surface area contributed by atoms with E-state index in [2.05, 4.69) is 10.3 Å². The summed E-state index contributed by atoms with van der Waals surface area (Å²) in [4.78, 5) is 18.6. The predicted octanol–water partition coefficient (Wildman–Crippen LogP) is 1.02. The summed E-state index contributed by atoms with van der Waals surface area (Å²) in [6.07, 6.45) is 6.54. The Bertz CT molecular complexity index is 592. The molecule has 0 aromatic carbocycles. The predicted molar refractivity (Wildman–Crippen MR) is 73.1 cm³/mol. The number of amides is 1. The molecule has 100 valence electrons. The van der Waals surface area contributed by atoms with Crippen molar-refractivity contribution in [2.45, 2.75) is 6.42 Å². The average molecular weight is 258 g/mol. The minimum Gasteiger partial charge on any atom is -0.338 e. The number of carbonyl (C=O) groups is 1. The van der Waals surface area contributed by atoms with Gasteiger partial charge in [0.1, 0.15) is 5.65 Å². The molecule has 2 aromatic rings. The Kier molecular flexibility index (Phi) is 3.21. The SMILES string of the molecule is CNCC1CCN(C(=O)c2ccc3nccn3c2)C1. The molecule has 0 bridgehead atoms. The standard InChI is InChI=1S/C14H18N4O/c1-15-8-11-4-6-18(9-11)14(19)12-2-3-13-16-5-7-17(13)10-12/h2-3,5,7,10-11,15H,4,6,8-9H2,1H3. The molecule has 0 spiro atoms. The summed E-state index contributed by atoms with van der Waals surface area (Å²) in [6, 6.07) is 3.74. The second-order valence-electron chi connectivity index (χ2n) is 5.07. The van der Waals surface area contributed by atoms with Crippen LogP contribution in [0.1, 0.15) is 16.8 Å². The smallest absolute Gasteiger partial charge is 0.255 e. The molecule has 1 N–H and O–H groups in total. The first-order valence-electron chi connectivity index (χ1n) is 6.64. The first-order valence-corrected chi connectivity index (χ1v) is 6.64. The van der Waals surface area contributed by atoms with E-state index in [0.717, 1.165) is 37.3 Å². The van der Waals surface area contributed by atoms with Crippen molar-refractivity contribution in [1.82, 2.24) is 19.6 Å². The van der Waals surface area contributed by atoms with Crippen LogP contribution in [0.4, 0.5) is 0 Å². The van der Waals surface area contributed by atoms with E-state index in [1.165, 1.54) is 0 Å². The largest absolute Gasteiger partial charge is 0.338 e. The summed E-state index contributed by atoms with van der Waals surface area (Å²) in [7, 11) is 1.96. The Balaban J connectivity index is 1.76. The van der Waals surface area contributed by atoms with Crippen molar-refractivity contribution in [3.63, 3.8) is 0 Å². The Morgan fingerprint density at radius 2 is 2.42 bits per heavy atom. The molecular formula is C14H18N4O. The van der Waals surface area contributed by atoms with E-state index in [0.29, 0.717) is 5.92 Å². The minimum atomic E-state index is 0.120. The molecule has 1 aliphatic heterocycles. The van der Waals surface area contributed by atoms with E-state index in [-0.39, 0.29) is 5.91 Å². The molecule has 1 unspecified atom stereocenters. The Morgan fingerprint density at radius 3 is 3.26 bits per heavy atom. The number of likely N-dealkylation sites (tertiary alicyclic amines) is 1. The fourth-order valence-electron chi connectivity index (χ4n) is 2.70. The fraction of sp³-hybridized carbons (Fsp3) is 0.429. The monoisotopic (exact) mass is 258 g/mol. The fourth-order valence-corrected chi connectivity index (χ4v) is 2.70. The molecule has 3 rings (SSSR count). The van der Waals surface area contributed by atoms with E-state index in [9.17, 15) is 4.79 Å². The second kappa shape index (κ2) is 5.01. The molecule has 1 amide bonds. The molecule has 19 heavy (non-hydrogen) atoms. The maximum Gasteiger partial charge on any atom is 0.255 e. The number of rotatable bonds is 3. The Labute approximate surface area is 112 Å². The van der Waals surface area contributed by atoms with Crippen molar-refractivity contribution in [3.8, 4) is 0 Å². The van der Waals surface area contributed by atoms with Crippen LogP contribution in [0.15, 0.2) is 30.7 Å². The minimum absolute atomic E-state index is 0.120. The molecule has 3 heterocycles. The molecule has 0 saturated carbocycles. The summed E-state index contributed by atoms with van der Waals surface area (Å²) in [5, 5.41) is 3.18. The zero-order valence-corrected chi connectivity index (χ0v) is 11.0. The molecule has 2 aromatic heterocycles. The summed E-state index contributed by atoms with van der Waals surface area (Å²) >= 11 is 0. The third-order valence-corrected chi connectivity index (χ3v) is 3.70. The van der Waals surface area contributed by atoms with E-state index < -0.39 is 0 Å². The number of nitrogens with one attached hydrogen (secondary N) is 1. The van der Waals surface area contributed by atoms with Gasteiger partial charge in [0, 0.05) is 31.7 Å². The van der Waals surface area contributed by atoms with Crippen molar-refractivity contribution >= 4 is 11.6 Å². The summed E-state index contributed by atoms with van der Waals surface area (Å²) in [5.41, 5.74) is 1.60. The van der Waals surface area contributed by atoms with Crippen LogP contribution in [0, 0.1) is 5.92 Å². The van der Waals surface area contributed by atoms with Gasteiger partial charge in [-0.25, -0.2) is 4.98 Å². The van der Waals surface area contributed by atoms with Crippen LogP contribution in [0.5, 0.6) is 0 Å². The number of nitrogens with zero attached hydrogens (tertiary/aromatic N) is 3. The molecule has 1 fully saturated rings. The molecule has 0 radical (unpaired) electrons. The van der Waals surface area contributed by atoms with Crippen LogP contribution >= 0.6 is 0 Å². The molecule has 5 heteroatoms. The normalized spacial score (nSPS) is 19.2. The molecule has 1 aliphatic rings. The molecule has 0 aliphatic carbocycles. The van der Waals surface area contributed by atoms with Crippen LogP contribution in [-0.2, 0) is 0 Å². The van der Waals surface area contributed by atoms with E-state index >= 15 is 0 Å². The van der Waals surface area contributed by atoms with Gasteiger partial charge >= 0.3 is 0 Å². The highest BCUT2D eigenvalue weighted by Gasteiger charge is 2.26. The number of hydrogen-bond acceptors (Lipinski definition) is 3. The van der Waals surface area contributed by atoms with Crippen molar-refractivity contribution in [2.75, 3.05) is 26.7 Å². The number of aromatic nitrogens is 2. The van der Waals surface area contributed by atoms with Gasteiger partial charge in [-0.1, -0.05) is 0 Å². The summed E-state index contributed by atoms with van der Waals surface area (Å²) in [6.45, 7) is 2.68. The second-order valence-corrected chi connectivity index (χ2v) is 5.07. The lowest BCUT2D eigenvalue weighted by Gasteiger charge is -2.16. The van der Waals surface area contributed by atoms with Crippen molar-refractivity contribution < 1.29 is 4.79 Å². The van der Waals surface area contributed by atoms with Gasteiger partial charge in [0.25, 0.3) is 5.91 Å². The zero-order chi connectivity index (χ0) is 13.2. The Hall–Kier alpha value is -1.88. The van der Waals surface area contributed by atoms with Crippen molar-refractivity contribution in [3.05, 3.63) is 36.3 Å². The quantitative estimate of drug-likeness (QED) is 0.894. The Morgan fingerprint density at radius 1 is 1.53 bits per heavy atom. The third kappa shape index (κ3) is 2.33. The molecule has 1 atom stereocenters. The van der Waals surface area contributed by atoms with Gasteiger partial charge in [0.2, 0.25) is 0 Å². The van der Waals surface area contributed by atoms with Crippen molar-refractivity contribution in [2.24, 2.45) is 5.92 Å². The number of imidazole rings is 1. The van der Waals surface area contributed by atoms with Gasteiger partial charge in [-0.05, 0) is 38.1 Å². The van der Waals surface area contributed by atoms with Crippen LogP contribution in [0.3, 0.4) is 0 Å². The van der Waals surface area contributed by atoms with Gasteiger partial charge in [-0.2, -0.15) is 0 Å². The molecule has 1 saturated heterocycles. The zero-order valence-electron chi connectivity index (χ0n) is 11.0. The third-order valence-electron chi connectivity index (χ3n) is 3.70. The van der Waals surface area contributed by atoms with Gasteiger partial charge < -0.3 is 14.6 Å². The van der Waals surface area contributed by atoms with Crippen LogP contribution in [0.25, 0.3) is 5.65 Å². The first kappa shape index (κ1) is 12.2. The topological polar surface area (TPSA) is 49.6 Å². The van der Waals surface area contributed by atoms with E-state index in [1.54, 1.807) is 6.20 Å². The van der Waals surface area contributed by atoms with Crippen molar-refractivity contribution in [1.29, 1.82) is 0 Å². The van der Waals surface area contributed by atoms with Crippen LogP contribution in [0.2, 0.25) is 0 Å². The first-order chi connectivity index (χ1) is 9.28. The van der Waals surface area contributed by atoms with E-state index in [1.807, 2.05) is 40.9 Å². The summed E-state index contributed by atoms with van der Waals surface area (Å²) in [5.74, 6) is 0.695. The van der Waals surface area contributed by atoms with Crippen LogP contribution < -0.4 is 5.32 Å². The lowest BCUT2D eigenvalue weighted by atomic mass is 10.1. The van der Waals surface area contributed by atoms with E-state index in [4.69, 9.17) is 0 Å².